The summed E-state index contributed by atoms with van der Waals surface area (Å²) >= 11 is 0. The normalized spacial score (nSPS) is 11.4. The molecule has 5 N–H and O–H groups in total. The predicted molar refractivity (Wildman–Crippen MR) is 131 cm³/mol. The zero-order valence-electron chi connectivity index (χ0n) is 19.3. The molecule has 186 valence electrons. The van der Waals surface area contributed by atoms with E-state index in [9.17, 15) is 29.4 Å². The Bertz CT molecular complexity index is 1420. The first-order valence-corrected chi connectivity index (χ1v) is 10.9. The maximum Gasteiger partial charge on any atom is 0.326 e. The van der Waals surface area contributed by atoms with Gasteiger partial charge in [0.05, 0.1) is 23.0 Å². The number of amides is 1. The SMILES string of the molecule is C#CCN(Cc1ccc2nc(C)[nH]c(=O)c2c1)c1ccc(C(=O)N[C@@H](CCC(=O)O)C(=O)O)c(O)c1. The second-order valence-corrected chi connectivity index (χ2v) is 8.06. The molecule has 36 heavy (non-hydrogen) atoms. The highest BCUT2D eigenvalue weighted by Crippen LogP contribution is 2.26. The van der Waals surface area contributed by atoms with E-state index in [1.165, 1.54) is 18.2 Å². The number of aromatic amines is 1. The molecule has 3 rings (SSSR count). The largest absolute Gasteiger partial charge is 0.507 e. The Morgan fingerprint density at radius 1 is 1.19 bits per heavy atom. The predicted octanol–water partition coefficient (Wildman–Crippen LogP) is 1.62. The molecule has 11 heteroatoms. The summed E-state index contributed by atoms with van der Waals surface area (Å²) in [6.45, 7) is 2.13. The van der Waals surface area contributed by atoms with Crippen molar-refractivity contribution >= 4 is 34.4 Å². The number of benzene rings is 2. The summed E-state index contributed by atoms with van der Waals surface area (Å²) in [5.74, 6) is -0.823. The zero-order chi connectivity index (χ0) is 26.4. The molecule has 0 saturated carbocycles. The van der Waals surface area contributed by atoms with Gasteiger partial charge in [-0.05, 0) is 43.2 Å². The smallest absolute Gasteiger partial charge is 0.326 e. The molecule has 1 atom stereocenters. The Hall–Kier alpha value is -4.85. The number of nitrogens with zero attached hydrogens (tertiary/aromatic N) is 2. The maximum absolute atomic E-state index is 12.5. The van der Waals surface area contributed by atoms with Crippen LogP contribution in [0.1, 0.15) is 34.6 Å². The quantitative estimate of drug-likeness (QED) is 0.264. The second kappa shape index (κ2) is 11.1. The number of hydrogen-bond donors (Lipinski definition) is 5. The second-order valence-electron chi connectivity index (χ2n) is 8.06. The molecule has 0 aliphatic rings. The highest BCUT2D eigenvalue weighted by Gasteiger charge is 2.23. The lowest BCUT2D eigenvalue weighted by Crippen LogP contribution is -2.41. The first-order valence-electron chi connectivity index (χ1n) is 10.9. The van der Waals surface area contributed by atoms with Crippen molar-refractivity contribution in [3.63, 3.8) is 0 Å². The van der Waals surface area contributed by atoms with E-state index in [1.807, 2.05) is 6.07 Å². The molecule has 0 aliphatic carbocycles. The number of terminal acetylenes is 1. The van der Waals surface area contributed by atoms with Crippen molar-refractivity contribution in [1.82, 2.24) is 15.3 Å². The first kappa shape index (κ1) is 25.8. The van der Waals surface area contributed by atoms with Gasteiger partial charge in [0.1, 0.15) is 17.6 Å². The van der Waals surface area contributed by atoms with E-state index in [4.69, 9.17) is 11.5 Å². The molecule has 1 aromatic heterocycles. The minimum atomic E-state index is -1.43. The fraction of sp³-hybridized carbons (Fsp3) is 0.240. The van der Waals surface area contributed by atoms with Crippen molar-refractivity contribution < 1.29 is 29.7 Å². The summed E-state index contributed by atoms with van der Waals surface area (Å²) in [5, 5.41) is 31.1. The van der Waals surface area contributed by atoms with Crippen LogP contribution in [0.15, 0.2) is 41.2 Å². The van der Waals surface area contributed by atoms with Gasteiger partial charge in [0, 0.05) is 24.7 Å². The molecule has 11 nitrogen and oxygen atoms in total. The van der Waals surface area contributed by atoms with Crippen LogP contribution in [0.25, 0.3) is 10.9 Å². The number of anilines is 1. The summed E-state index contributed by atoms with van der Waals surface area (Å²) in [6, 6.07) is 7.99. The maximum atomic E-state index is 12.5. The standard InChI is InChI=1S/C25H24N4O7/c1-3-10-29(13-15-4-7-19-18(11-15)24(34)27-14(2)26-19)16-5-6-17(21(30)12-16)23(33)28-20(25(35)36)8-9-22(31)32/h1,4-7,11-12,20,30H,8-10,13H2,2H3,(H,28,33)(H,31,32)(H,35,36)(H,26,27,34)/t20-/m0/s1. The minimum Gasteiger partial charge on any atom is -0.507 e. The highest BCUT2D eigenvalue weighted by atomic mass is 16.4. The van der Waals surface area contributed by atoms with Gasteiger partial charge in [0.2, 0.25) is 0 Å². The van der Waals surface area contributed by atoms with Crippen LogP contribution in [0, 0.1) is 19.3 Å². The molecule has 3 aromatic rings. The number of aryl methyl sites for hydroxylation is 1. The van der Waals surface area contributed by atoms with Gasteiger partial charge in [0.15, 0.2) is 0 Å². The number of rotatable bonds is 10. The molecular formula is C25H24N4O7. The van der Waals surface area contributed by atoms with Crippen LogP contribution in [0.2, 0.25) is 0 Å². The third-order valence-electron chi connectivity index (χ3n) is 5.39. The van der Waals surface area contributed by atoms with Crippen molar-refractivity contribution in [3.05, 3.63) is 63.7 Å². The van der Waals surface area contributed by atoms with Crippen LogP contribution in [0.3, 0.4) is 0 Å². The fourth-order valence-corrected chi connectivity index (χ4v) is 3.64. The first-order chi connectivity index (χ1) is 17.1. The molecule has 1 heterocycles. The number of phenols is 1. The molecule has 1 amide bonds. The molecule has 0 spiro atoms. The van der Waals surface area contributed by atoms with E-state index < -0.39 is 36.1 Å². The number of fused-ring (bicyclic) bond motifs is 1. The lowest BCUT2D eigenvalue weighted by Gasteiger charge is -2.23. The van der Waals surface area contributed by atoms with Gasteiger partial charge in [-0.2, -0.15) is 0 Å². The number of aliphatic carboxylic acids is 2. The van der Waals surface area contributed by atoms with Crippen LogP contribution >= 0.6 is 0 Å². The van der Waals surface area contributed by atoms with Gasteiger partial charge in [-0.1, -0.05) is 12.0 Å². The Morgan fingerprint density at radius 2 is 1.94 bits per heavy atom. The van der Waals surface area contributed by atoms with Crippen molar-refractivity contribution in [1.29, 1.82) is 0 Å². The van der Waals surface area contributed by atoms with Gasteiger partial charge in [0.25, 0.3) is 11.5 Å². The Kier molecular flexibility index (Phi) is 7.91. The number of hydrogen-bond acceptors (Lipinski definition) is 7. The third-order valence-corrected chi connectivity index (χ3v) is 5.39. The summed E-state index contributed by atoms with van der Waals surface area (Å²) in [6.07, 6.45) is 4.76. The Labute approximate surface area is 205 Å². The summed E-state index contributed by atoms with van der Waals surface area (Å²) in [7, 11) is 0. The van der Waals surface area contributed by atoms with Crippen LogP contribution in [-0.2, 0) is 16.1 Å². The van der Waals surface area contributed by atoms with E-state index in [0.29, 0.717) is 22.4 Å². The van der Waals surface area contributed by atoms with E-state index in [1.54, 1.807) is 24.0 Å². The van der Waals surface area contributed by atoms with Gasteiger partial charge in [-0.25, -0.2) is 9.78 Å². The molecule has 0 aliphatic heterocycles. The molecular weight excluding hydrogens is 468 g/mol. The van der Waals surface area contributed by atoms with Gasteiger partial charge < -0.3 is 30.5 Å². The van der Waals surface area contributed by atoms with E-state index >= 15 is 0 Å². The number of phenolic OH excluding ortho intramolecular Hbond substituents is 1. The van der Waals surface area contributed by atoms with Crippen LogP contribution in [-0.4, -0.2) is 55.7 Å². The lowest BCUT2D eigenvalue weighted by molar-refractivity contribution is -0.140. The van der Waals surface area contributed by atoms with Crippen molar-refractivity contribution in [3.8, 4) is 18.1 Å². The number of carboxylic acids is 2. The number of carbonyl (C=O) groups excluding carboxylic acids is 1. The lowest BCUT2D eigenvalue weighted by atomic mass is 10.1. The molecule has 2 aromatic carbocycles. The van der Waals surface area contributed by atoms with Crippen molar-refractivity contribution in [2.24, 2.45) is 0 Å². The molecule has 0 saturated heterocycles. The fourth-order valence-electron chi connectivity index (χ4n) is 3.64. The van der Waals surface area contributed by atoms with Crippen molar-refractivity contribution in [2.45, 2.75) is 32.4 Å². The van der Waals surface area contributed by atoms with Gasteiger partial charge in [-0.3, -0.25) is 14.4 Å². The minimum absolute atomic E-state index is 0.155. The van der Waals surface area contributed by atoms with Gasteiger partial charge in [-0.15, -0.1) is 6.42 Å². The number of nitrogens with one attached hydrogen (secondary N) is 2. The number of carboxylic acid groups (broad SMARTS) is 2. The molecule has 0 radical (unpaired) electrons. The summed E-state index contributed by atoms with van der Waals surface area (Å²) in [4.78, 5) is 55.6. The Balaban J connectivity index is 1.82. The third kappa shape index (κ3) is 6.18. The number of aromatic hydroxyl groups is 1. The monoisotopic (exact) mass is 492 g/mol. The van der Waals surface area contributed by atoms with Gasteiger partial charge >= 0.3 is 11.9 Å². The number of carbonyl (C=O) groups is 3. The zero-order valence-corrected chi connectivity index (χ0v) is 19.3. The molecule has 0 fully saturated rings. The van der Waals surface area contributed by atoms with Crippen LogP contribution < -0.4 is 15.8 Å². The number of H-pyrrole nitrogens is 1. The molecule has 0 unspecified atom stereocenters. The van der Waals surface area contributed by atoms with E-state index in [0.717, 1.165) is 5.56 Å². The van der Waals surface area contributed by atoms with E-state index in [-0.39, 0.29) is 30.6 Å². The molecule has 0 bridgehead atoms. The summed E-state index contributed by atoms with van der Waals surface area (Å²) < 4.78 is 0. The topological polar surface area (TPSA) is 173 Å². The highest BCUT2D eigenvalue weighted by molar-refractivity contribution is 5.99. The van der Waals surface area contributed by atoms with Crippen LogP contribution in [0.4, 0.5) is 5.69 Å². The van der Waals surface area contributed by atoms with Crippen molar-refractivity contribution in [2.75, 3.05) is 11.4 Å². The Morgan fingerprint density at radius 3 is 2.58 bits per heavy atom. The average molecular weight is 492 g/mol. The van der Waals surface area contributed by atoms with Crippen LogP contribution in [0.5, 0.6) is 5.75 Å². The number of aromatic nitrogens is 2. The summed E-state index contributed by atoms with van der Waals surface area (Å²) in [5.41, 5.74) is 1.36. The van der Waals surface area contributed by atoms with E-state index in [2.05, 4.69) is 21.2 Å². The average Bonchev–Trinajstić information content (AvgIpc) is 2.81.